The van der Waals surface area contributed by atoms with Crippen molar-refractivity contribution in [3.05, 3.63) is 47.6 Å². The van der Waals surface area contributed by atoms with Crippen molar-refractivity contribution in [2.45, 2.75) is 45.6 Å². The van der Waals surface area contributed by atoms with Crippen LogP contribution in [0.4, 0.5) is 18.0 Å². The van der Waals surface area contributed by atoms with E-state index in [4.69, 9.17) is 0 Å². The zero-order valence-electron chi connectivity index (χ0n) is 15.6. The highest BCUT2D eigenvalue weighted by Crippen LogP contribution is 2.08. The van der Waals surface area contributed by atoms with Crippen molar-refractivity contribution in [3.63, 3.8) is 0 Å². The monoisotopic (exact) mass is 390 g/mol. The molecule has 1 saturated heterocycles. The van der Waals surface area contributed by atoms with Gasteiger partial charge in [0.25, 0.3) is 0 Å². The van der Waals surface area contributed by atoms with Gasteiger partial charge in [0, 0.05) is 19.1 Å². The molecule has 1 atom stereocenters. The number of hydrogen-bond acceptors (Lipinski definition) is 2. The summed E-state index contributed by atoms with van der Waals surface area (Å²) in [6, 6.07) is 8.13. The van der Waals surface area contributed by atoms with Crippen LogP contribution in [-0.2, 0) is 0 Å². The molecule has 1 aromatic carbocycles. The van der Waals surface area contributed by atoms with E-state index in [1.807, 2.05) is 29.6 Å². The van der Waals surface area contributed by atoms with Crippen LogP contribution in [0.15, 0.2) is 41.8 Å². The number of carbonyl (C=O) groups is 1. The largest absolute Gasteiger partial charge is 0.332 e. The van der Waals surface area contributed by atoms with E-state index in [9.17, 15) is 18.0 Å². The van der Waals surface area contributed by atoms with Crippen LogP contribution in [0.25, 0.3) is 0 Å². The van der Waals surface area contributed by atoms with Crippen LogP contribution in [0.5, 0.6) is 0 Å². The Hall–Kier alpha value is -1.63. The zero-order valence-corrected chi connectivity index (χ0v) is 16.4. The third-order valence-electron chi connectivity index (χ3n) is 3.23. The summed E-state index contributed by atoms with van der Waals surface area (Å²) >= 11 is 1.65. The van der Waals surface area contributed by atoms with Gasteiger partial charge in [-0.1, -0.05) is 24.3 Å². The third-order valence-corrected chi connectivity index (χ3v) is 3.66. The Morgan fingerprint density at radius 1 is 1.15 bits per heavy atom. The summed E-state index contributed by atoms with van der Waals surface area (Å²) in [5.74, 6) is -0.178. The minimum atomic E-state index is -2.17. The van der Waals surface area contributed by atoms with Gasteiger partial charge in [0.05, 0.1) is 0 Å². The average Bonchev–Trinajstić information content (AvgIpc) is 2.61. The highest BCUT2D eigenvalue weighted by molar-refractivity contribution is 8.01. The van der Waals surface area contributed by atoms with Crippen LogP contribution in [-0.4, -0.2) is 42.7 Å². The fourth-order valence-corrected chi connectivity index (χ4v) is 2.44. The molecule has 0 saturated carbocycles. The summed E-state index contributed by atoms with van der Waals surface area (Å²) < 4.78 is 32.6. The Morgan fingerprint density at radius 2 is 1.69 bits per heavy atom. The molecule has 0 aliphatic carbocycles. The number of carbonyl (C=O) groups excluding carboxylic acids is 1. The van der Waals surface area contributed by atoms with Crippen LogP contribution in [0, 0.1) is 5.82 Å². The van der Waals surface area contributed by atoms with Crippen LogP contribution in [0.3, 0.4) is 0 Å². The minimum absolute atomic E-state index is 0.0768. The highest BCUT2D eigenvalue weighted by atomic mass is 32.2. The van der Waals surface area contributed by atoms with E-state index in [2.05, 4.69) is 5.32 Å². The maximum Gasteiger partial charge on any atom is 0.317 e. The number of rotatable bonds is 3. The van der Waals surface area contributed by atoms with Crippen molar-refractivity contribution in [1.29, 1.82) is 0 Å². The van der Waals surface area contributed by atoms with Gasteiger partial charge in [-0.15, -0.1) is 11.8 Å². The molecule has 0 spiro atoms. The second-order valence-corrected chi connectivity index (χ2v) is 6.41. The number of hydrogen-bond donors (Lipinski definition) is 1. The number of nitrogens with zero attached hydrogens (tertiary/aromatic N) is 1. The van der Waals surface area contributed by atoms with E-state index in [1.54, 1.807) is 30.0 Å². The fourth-order valence-electron chi connectivity index (χ4n) is 2.04. The first-order chi connectivity index (χ1) is 12.4. The number of thioether (sulfide) groups is 1. The van der Waals surface area contributed by atoms with E-state index in [0.717, 1.165) is 32.9 Å². The lowest BCUT2D eigenvalue weighted by Crippen LogP contribution is -2.45. The van der Waals surface area contributed by atoms with Crippen molar-refractivity contribution in [1.82, 2.24) is 10.2 Å². The van der Waals surface area contributed by atoms with E-state index < -0.39 is 6.43 Å². The van der Waals surface area contributed by atoms with E-state index in [1.165, 1.54) is 18.6 Å². The Morgan fingerprint density at radius 3 is 2.12 bits per heavy atom. The number of piperidine rings is 1. The van der Waals surface area contributed by atoms with Crippen molar-refractivity contribution in [2.24, 2.45) is 0 Å². The van der Waals surface area contributed by atoms with Crippen molar-refractivity contribution in [3.8, 4) is 0 Å². The molecule has 148 valence electrons. The predicted molar refractivity (Wildman–Crippen MR) is 104 cm³/mol. The molecule has 1 aliphatic rings. The van der Waals surface area contributed by atoms with Gasteiger partial charge in [0.1, 0.15) is 5.82 Å². The van der Waals surface area contributed by atoms with Crippen LogP contribution < -0.4 is 5.32 Å². The first-order valence-corrected chi connectivity index (χ1v) is 9.89. The summed E-state index contributed by atoms with van der Waals surface area (Å²) in [5, 5.41) is 4.97. The zero-order chi connectivity index (χ0) is 19.8. The smallest absolute Gasteiger partial charge is 0.317 e. The number of alkyl halides is 2. The molecular weight excluding hydrogens is 361 g/mol. The van der Waals surface area contributed by atoms with Gasteiger partial charge in [-0.3, -0.25) is 0 Å². The molecule has 0 aromatic heterocycles. The molecule has 2 amide bonds. The van der Waals surface area contributed by atoms with Crippen molar-refractivity contribution >= 4 is 17.8 Å². The Kier molecular flexibility index (Phi) is 14.6. The predicted octanol–water partition coefficient (Wildman–Crippen LogP) is 5.54. The summed E-state index contributed by atoms with van der Waals surface area (Å²) in [6.07, 6.45) is 5.39. The van der Waals surface area contributed by atoms with Gasteiger partial charge in [0.2, 0.25) is 6.43 Å². The molecule has 2 rings (SSSR count). The molecule has 26 heavy (non-hydrogen) atoms. The van der Waals surface area contributed by atoms with Crippen molar-refractivity contribution < 1.29 is 18.0 Å². The minimum Gasteiger partial charge on any atom is -0.332 e. The lowest BCUT2D eigenvalue weighted by molar-refractivity contribution is 0.171. The molecule has 3 nitrogen and oxygen atoms in total. The van der Waals surface area contributed by atoms with Crippen LogP contribution in [0.2, 0.25) is 0 Å². The first-order valence-electron chi connectivity index (χ1n) is 8.60. The molecule has 1 fully saturated rings. The summed E-state index contributed by atoms with van der Waals surface area (Å²) in [6.45, 7) is 4.64. The summed E-state index contributed by atoms with van der Waals surface area (Å²) in [7, 11) is 0. The maximum atomic E-state index is 11.9. The number of nitrogens with one attached hydrogen (secondary N) is 1. The van der Waals surface area contributed by atoms with E-state index in [0.29, 0.717) is 0 Å². The molecule has 0 bridgehead atoms. The number of likely N-dealkylation sites (tertiary alicyclic amines) is 1. The fraction of sp³-hybridized carbons (Fsp3) is 0.526. The number of benzene rings is 1. The standard InChI is InChI=1S/C11H20N2OS.C6H5F.C2H4F2/c1-10(6-9-15-2)12-11(14)13-7-4-3-5-8-13;7-6-4-2-1-3-5-6;1-2(3)4/h6,9-10H,3-5,7-8H2,1-2H3,(H,12,14);1-5H;2H,1H3/b9-6+;;. The van der Waals surface area contributed by atoms with Gasteiger partial charge < -0.3 is 10.2 Å². The topological polar surface area (TPSA) is 32.3 Å². The molecule has 1 aromatic rings. The van der Waals surface area contributed by atoms with Gasteiger partial charge in [-0.2, -0.15) is 0 Å². The lowest BCUT2D eigenvalue weighted by atomic mass is 10.1. The second-order valence-electron chi connectivity index (χ2n) is 5.66. The Bertz CT molecular complexity index is 492. The quantitative estimate of drug-likeness (QED) is 0.734. The van der Waals surface area contributed by atoms with Gasteiger partial charge in [-0.05, 0) is 56.9 Å². The molecular formula is C19H29F3N2OS. The first kappa shape index (κ1) is 24.4. The van der Waals surface area contributed by atoms with E-state index >= 15 is 0 Å². The summed E-state index contributed by atoms with van der Waals surface area (Å²) in [5.41, 5.74) is 0. The maximum absolute atomic E-state index is 11.9. The molecule has 7 heteroatoms. The van der Waals surface area contributed by atoms with Gasteiger partial charge in [0.15, 0.2) is 0 Å². The average molecular weight is 391 g/mol. The molecule has 1 N–H and O–H groups in total. The van der Waals surface area contributed by atoms with Gasteiger partial charge in [-0.25, -0.2) is 18.0 Å². The normalized spacial score (nSPS) is 14.8. The van der Waals surface area contributed by atoms with Crippen molar-refractivity contribution in [2.75, 3.05) is 19.3 Å². The second kappa shape index (κ2) is 15.6. The number of halogens is 3. The molecule has 1 heterocycles. The highest BCUT2D eigenvalue weighted by Gasteiger charge is 2.16. The lowest BCUT2D eigenvalue weighted by Gasteiger charge is -2.27. The molecule has 0 radical (unpaired) electrons. The SMILES string of the molecule is CC(F)F.CS/C=C/C(C)NC(=O)N1CCCCC1.Fc1ccccc1. The number of amides is 2. The molecule has 1 unspecified atom stereocenters. The third kappa shape index (κ3) is 14.7. The van der Waals surface area contributed by atoms with Gasteiger partial charge >= 0.3 is 6.03 Å². The Labute approximate surface area is 159 Å². The van der Waals surface area contributed by atoms with Crippen LogP contribution in [0.1, 0.15) is 33.1 Å². The summed E-state index contributed by atoms with van der Waals surface area (Å²) in [4.78, 5) is 13.7. The Balaban J connectivity index is 0.000000467. The van der Waals surface area contributed by atoms with E-state index in [-0.39, 0.29) is 17.9 Å². The van der Waals surface area contributed by atoms with Crippen LogP contribution >= 0.6 is 11.8 Å². The number of urea groups is 1. The molecule has 1 aliphatic heterocycles.